The highest BCUT2D eigenvalue weighted by molar-refractivity contribution is 6.31. The van der Waals surface area contributed by atoms with E-state index < -0.39 is 0 Å². The number of hydrogen-bond donors (Lipinski definition) is 1. The second-order valence-electron chi connectivity index (χ2n) is 7.43. The Morgan fingerprint density at radius 1 is 1.06 bits per heavy atom. The lowest BCUT2D eigenvalue weighted by atomic mass is 10.2. The molecule has 0 aliphatic carbocycles. The molecule has 0 atom stereocenters. The second-order valence-corrected chi connectivity index (χ2v) is 7.83. The third-order valence-corrected chi connectivity index (χ3v) is 5.74. The minimum Gasteiger partial charge on any atom is -0.467 e. The van der Waals surface area contributed by atoms with Gasteiger partial charge in [-0.15, -0.1) is 0 Å². The molecule has 0 saturated carbocycles. The average molecular weight is 447 g/mol. The van der Waals surface area contributed by atoms with Crippen molar-refractivity contribution in [3.63, 3.8) is 0 Å². The molecule has 5 aromatic rings. The van der Waals surface area contributed by atoms with Gasteiger partial charge in [-0.1, -0.05) is 48.0 Å². The molecule has 32 heavy (non-hydrogen) atoms. The van der Waals surface area contributed by atoms with Crippen LogP contribution in [0.15, 0.2) is 82.5 Å². The van der Waals surface area contributed by atoms with Crippen molar-refractivity contribution in [1.82, 2.24) is 19.4 Å². The molecule has 0 aliphatic heterocycles. The fraction of sp³-hybridized carbons (Fsp3) is 0.125. The van der Waals surface area contributed by atoms with E-state index in [1.165, 1.54) is 10.9 Å². The van der Waals surface area contributed by atoms with Gasteiger partial charge in [0.1, 0.15) is 23.3 Å². The van der Waals surface area contributed by atoms with Gasteiger partial charge in [0.15, 0.2) is 0 Å². The molecule has 0 fully saturated rings. The smallest absolute Gasteiger partial charge is 0.278 e. The van der Waals surface area contributed by atoms with Gasteiger partial charge in [0.2, 0.25) is 5.91 Å². The third-order valence-electron chi connectivity index (χ3n) is 5.37. The van der Waals surface area contributed by atoms with E-state index in [4.69, 9.17) is 16.0 Å². The SMILES string of the molecule is O=C(Cn1c2ccccc2c2ncn(Cc3ccccc3Cl)c(=O)c21)NCc1ccco1. The van der Waals surface area contributed by atoms with Gasteiger partial charge in [0.05, 0.1) is 31.2 Å². The second kappa shape index (κ2) is 8.36. The number of carbonyl (C=O) groups excluding carboxylic acids is 1. The molecule has 0 bridgehead atoms. The lowest BCUT2D eigenvalue weighted by Gasteiger charge is -2.10. The Kier molecular flexibility index (Phi) is 5.25. The Morgan fingerprint density at radius 2 is 1.88 bits per heavy atom. The van der Waals surface area contributed by atoms with Crippen LogP contribution < -0.4 is 10.9 Å². The summed E-state index contributed by atoms with van der Waals surface area (Å²) in [6, 6.07) is 18.5. The number of carbonyl (C=O) groups is 1. The summed E-state index contributed by atoms with van der Waals surface area (Å²) in [5, 5.41) is 4.24. The summed E-state index contributed by atoms with van der Waals surface area (Å²) in [6.45, 7) is 0.545. The van der Waals surface area contributed by atoms with Crippen LogP contribution in [-0.2, 0) is 24.4 Å². The number of nitrogens with one attached hydrogen (secondary N) is 1. The van der Waals surface area contributed by atoms with E-state index in [2.05, 4.69) is 10.3 Å². The van der Waals surface area contributed by atoms with E-state index in [1.807, 2.05) is 42.5 Å². The van der Waals surface area contributed by atoms with E-state index in [0.717, 1.165) is 16.5 Å². The number of furan rings is 1. The molecule has 1 N–H and O–H groups in total. The van der Waals surface area contributed by atoms with Crippen LogP contribution >= 0.6 is 11.6 Å². The molecule has 0 saturated heterocycles. The monoisotopic (exact) mass is 446 g/mol. The summed E-state index contributed by atoms with van der Waals surface area (Å²) in [7, 11) is 0. The van der Waals surface area contributed by atoms with Gasteiger partial charge < -0.3 is 14.3 Å². The highest BCUT2D eigenvalue weighted by atomic mass is 35.5. The molecule has 1 amide bonds. The molecule has 160 valence electrons. The molecule has 7 nitrogen and oxygen atoms in total. The minimum absolute atomic E-state index is 0.0161. The maximum atomic E-state index is 13.5. The molecule has 8 heteroatoms. The number of nitrogens with zero attached hydrogens (tertiary/aromatic N) is 3. The maximum absolute atomic E-state index is 13.5. The number of aromatic nitrogens is 3. The fourth-order valence-corrected chi connectivity index (χ4v) is 4.03. The molecule has 0 spiro atoms. The van der Waals surface area contributed by atoms with Crippen molar-refractivity contribution in [1.29, 1.82) is 0 Å². The normalized spacial score (nSPS) is 11.3. The van der Waals surface area contributed by atoms with Crippen molar-refractivity contribution in [3.8, 4) is 0 Å². The van der Waals surface area contributed by atoms with Crippen LogP contribution in [0.4, 0.5) is 0 Å². The van der Waals surface area contributed by atoms with E-state index in [9.17, 15) is 9.59 Å². The van der Waals surface area contributed by atoms with E-state index in [-0.39, 0.29) is 31.1 Å². The van der Waals surface area contributed by atoms with Gasteiger partial charge in [-0.05, 0) is 29.8 Å². The summed E-state index contributed by atoms with van der Waals surface area (Å²) in [6.07, 6.45) is 3.09. The average Bonchev–Trinajstić information content (AvgIpc) is 3.43. The standard InChI is InChI=1S/C24H19ClN4O3/c25-19-9-3-1-6-16(19)13-28-15-27-22-18-8-2-4-10-20(18)29(23(22)24(28)31)14-21(30)26-12-17-7-5-11-32-17/h1-11,15H,12-14H2,(H,26,30). The Bertz CT molecular complexity index is 1480. The summed E-state index contributed by atoms with van der Waals surface area (Å²) < 4.78 is 8.50. The Balaban J connectivity index is 1.56. The predicted octanol–water partition coefficient (Wildman–Crippen LogP) is 3.96. The van der Waals surface area contributed by atoms with Gasteiger partial charge in [-0.2, -0.15) is 0 Å². The number of benzene rings is 2. The van der Waals surface area contributed by atoms with Gasteiger partial charge in [0.25, 0.3) is 5.56 Å². The largest absolute Gasteiger partial charge is 0.467 e. The molecular formula is C24H19ClN4O3. The zero-order valence-corrected chi connectivity index (χ0v) is 17.7. The van der Waals surface area contributed by atoms with E-state index >= 15 is 0 Å². The van der Waals surface area contributed by atoms with Crippen LogP contribution in [0.1, 0.15) is 11.3 Å². The number of hydrogen-bond acceptors (Lipinski definition) is 4. The minimum atomic E-state index is -0.232. The van der Waals surface area contributed by atoms with Gasteiger partial charge >= 0.3 is 0 Å². The Labute approximate surface area is 187 Å². The predicted molar refractivity (Wildman–Crippen MR) is 123 cm³/mol. The number of amides is 1. The molecular weight excluding hydrogens is 428 g/mol. The quantitative estimate of drug-likeness (QED) is 0.428. The lowest BCUT2D eigenvalue weighted by Crippen LogP contribution is -2.29. The van der Waals surface area contributed by atoms with Crippen LogP contribution in [0, 0.1) is 0 Å². The number of halogens is 1. The number of rotatable bonds is 6. The summed E-state index contributed by atoms with van der Waals surface area (Å²) in [5.74, 6) is 0.425. The molecule has 5 rings (SSSR count). The zero-order valence-electron chi connectivity index (χ0n) is 17.0. The zero-order chi connectivity index (χ0) is 22.1. The molecule has 0 radical (unpaired) electrons. The summed E-state index contributed by atoms with van der Waals surface area (Å²) >= 11 is 6.28. The highest BCUT2D eigenvalue weighted by Crippen LogP contribution is 2.25. The molecule has 0 unspecified atom stereocenters. The Morgan fingerprint density at radius 3 is 2.69 bits per heavy atom. The Hall–Kier alpha value is -3.84. The van der Waals surface area contributed by atoms with Crippen molar-refractivity contribution in [2.45, 2.75) is 19.6 Å². The number of fused-ring (bicyclic) bond motifs is 3. The summed E-state index contributed by atoms with van der Waals surface area (Å²) in [5.41, 5.74) is 2.31. The van der Waals surface area contributed by atoms with Crippen LogP contribution in [0.2, 0.25) is 5.02 Å². The van der Waals surface area contributed by atoms with E-state index in [0.29, 0.717) is 21.8 Å². The first-order valence-corrected chi connectivity index (χ1v) is 10.5. The first-order chi connectivity index (χ1) is 15.6. The first kappa shape index (κ1) is 20.1. The summed E-state index contributed by atoms with van der Waals surface area (Å²) in [4.78, 5) is 30.7. The van der Waals surface area contributed by atoms with Gasteiger partial charge in [0, 0.05) is 10.4 Å². The highest BCUT2D eigenvalue weighted by Gasteiger charge is 2.18. The van der Waals surface area contributed by atoms with Crippen molar-refractivity contribution >= 4 is 39.4 Å². The first-order valence-electron chi connectivity index (χ1n) is 10.1. The fourth-order valence-electron chi connectivity index (χ4n) is 3.83. The third kappa shape index (κ3) is 3.67. The van der Waals surface area contributed by atoms with Crippen molar-refractivity contribution in [3.05, 3.63) is 100.0 Å². The van der Waals surface area contributed by atoms with Crippen molar-refractivity contribution in [2.75, 3.05) is 0 Å². The molecule has 2 aromatic carbocycles. The van der Waals surface area contributed by atoms with Crippen LogP contribution in [0.25, 0.3) is 21.9 Å². The van der Waals surface area contributed by atoms with Crippen molar-refractivity contribution in [2.24, 2.45) is 0 Å². The van der Waals surface area contributed by atoms with Crippen LogP contribution in [0.5, 0.6) is 0 Å². The lowest BCUT2D eigenvalue weighted by molar-refractivity contribution is -0.121. The van der Waals surface area contributed by atoms with Gasteiger partial charge in [-0.3, -0.25) is 14.2 Å². The topological polar surface area (TPSA) is 82.1 Å². The van der Waals surface area contributed by atoms with E-state index in [1.54, 1.807) is 29.0 Å². The van der Waals surface area contributed by atoms with Crippen LogP contribution in [0.3, 0.4) is 0 Å². The molecule has 3 aromatic heterocycles. The molecule has 3 heterocycles. The number of para-hydroxylation sites is 1. The van der Waals surface area contributed by atoms with Gasteiger partial charge in [-0.25, -0.2) is 4.98 Å². The maximum Gasteiger partial charge on any atom is 0.278 e. The molecule has 0 aliphatic rings. The van der Waals surface area contributed by atoms with Crippen molar-refractivity contribution < 1.29 is 9.21 Å². The van der Waals surface area contributed by atoms with Crippen LogP contribution in [-0.4, -0.2) is 20.0 Å².